The molecule has 0 spiro atoms. The molecule has 0 unspecified atom stereocenters. The topological polar surface area (TPSA) is 125 Å². The zero-order valence-corrected chi connectivity index (χ0v) is 19.9. The lowest BCUT2D eigenvalue weighted by molar-refractivity contribution is -0.117. The summed E-state index contributed by atoms with van der Waals surface area (Å²) in [7, 11) is 0. The van der Waals surface area contributed by atoms with Crippen molar-refractivity contribution in [3.8, 4) is 0 Å². The van der Waals surface area contributed by atoms with E-state index < -0.39 is 0 Å². The van der Waals surface area contributed by atoms with Gasteiger partial charge in [-0.15, -0.1) is 0 Å². The van der Waals surface area contributed by atoms with Gasteiger partial charge in [0.1, 0.15) is 18.2 Å². The Morgan fingerprint density at radius 3 is 2.85 bits per heavy atom. The summed E-state index contributed by atoms with van der Waals surface area (Å²) in [6.45, 7) is 0.751. The number of anilines is 4. The summed E-state index contributed by atoms with van der Waals surface area (Å²) in [6, 6.07) is 1.81. The maximum absolute atomic E-state index is 13.0. The van der Waals surface area contributed by atoms with E-state index in [1.54, 1.807) is 0 Å². The van der Waals surface area contributed by atoms with Crippen LogP contribution in [-0.4, -0.2) is 48.0 Å². The lowest BCUT2D eigenvalue weighted by Crippen LogP contribution is -2.40. The molecule has 0 bridgehead atoms. The number of nitrogens with zero attached hydrogens (tertiary/aromatic N) is 6. The zero-order chi connectivity index (χ0) is 22.9. The van der Waals surface area contributed by atoms with Gasteiger partial charge in [0.25, 0.3) is 0 Å². The molecular weight excluding hydrogens is 450 g/mol. The highest BCUT2D eigenvalue weighted by molar-refractivity contribution is 7.09. The molecule has 2 fully saturated rings. The van der Waals surface area contributed by atoms with Crippen LogP contribution in [0, 0.1) is 0 Å². The minimum Gasteiger partial charge on any atom is -0.329 e. The first kappa shape index (κ1) is 21.5. The first-order valence-electron chi connectivity index (χ1n) is 12.3. The molecule has 3 N–H and O–H groups in total. The lowest BCUT2D eigenvalue weighted by Gasteiger charge is -2.24. The molecule has 3 aliphatic rings. The van der Waals surface area contributed by atoms with Crippen molar-refractivity contribution in [1.29, 1.82) is 0 Å². The molecule has 1 saturated heterocycles. The van der Waals surface area contributed by atoms with Gasteiger partial charge in [-0.1, -0.05) is 19.3 Å². The molecule has 0 aromatic carbocycles. The summed E-state index contributed by atoms with van der Waals surface area (Å²) in [5, 5.41) is 14.7. The number of aromatic amines is 1. The third-order valence-electron chi connectivity index (χ3n) is 7.21. The quantitative estimate of drug-likeness (QED) is 0.486. The van der Waals surface area contributed by atoms with E-state index in [1.165, 1.54) is 61.2 Å². The highest BCUT2D eigenvalue weighted by atomic mass is 32.1. The van der Waals surface area contributed by atoms with Gasteiger partial charge in [0.15, 0.2) is 5.82 Å². The van der Waals surface area contributed by atoms with E-state index in [1.807, 2.05) is 4.90 Å². The molecule has 1 amide bonds. The highest BCUT2D eigenvalue weighted by Gasteiger charge is 2.34. The van der Waals surface area contributed by atoms with Crippen LogP contribution in [0.2, 0.25) is 0 Å². The van der Waals surface area contributed by atoms with Crippen LogP contribution in [0.25, 0.3) is 0 Å². The van der Waals surface area contributed by atoms with Gasteiger partial charge in [-0.3, -0.25) is 15.2 Å². The summed E-state index contributed by atoms with van der Waals surface area (Å²) in [6.07, 6.45) is 12.5. The highest BCUT2D eigenvalue weighted by Crippen LogP contribution is 2.35. The summed E-state index contributed by atoms with van der Waals surface area (Å²) >= 11 is 1.18. The van der Waals surface area contributed by atoms with Gasteiger partial charge in [0, 0.05) is 41.3 Å². The fraction of sp³-hybridized carbons (Fsp3) is 0.565. The fourth-order valence-corrected chi connectivity index (χ4v) is 5.93. The Kier molecular flexibility index (Phi) is 5.86. The van der Waals surface area contributed by atoms with E-state index in [4.69, 9.17) is 9.97 Å². The van der Waals surface area contributed by atoms with Crippen LogP contribution >= 0.6 is 11.5 Å². The Balaban J connectivity index is 1.24. The molecule has 10 nitrogen and oxygen atoms in total. The Morgan fingerprint density at radius 1 is 1.09 bits per heavy atom. The Morgan fingerprint density at radius 2 is 2.00 bits per heavy atom. The standard InChI is InChI=1S/C23H29N9OS/c33-21(29-23-24-13-25-34-23)18-10-5-11-32(18)22-26-16-9-4-8-15(16)20(28-22)27-19-12-17(30-31-19)14-6-2-1-3-7-14/h12-14,18H,1-11H2,(H,24,25,29,33)(H2,26,27,28,30,31)/t18-/m1/s1. The third kappa shape index (κ3) is 4.24. The monoisotopic (exact) mass is 479 g/mol. The number of amides is 1. The maximum Gasteiger partial charge on any atom is 0.249 e. The molecule has 11 heteroatoms. The predicted molar refractivity (Wildman–Crippen MR) is 131 cm³/mol. The first-order valence-corrected chi connectivity index (χ1v) is 13.1. The van der Waals surface area contributed by atoms with E-state index in [0.717, 1.165) is 56.0 Å². The van der Waals surface area contributed by atoms with E-state index in [9.17, 15) is 4.79 Å². The van der Waals surface area contributed by atoms with Crippen molar-refractivity contribution in [1.82, 2.24) is 29.5 Å². The maximum atomic E-state index is 13.0. The van der Waals surface area contributed by atoms with Crippen LogP contribution in [0.1, 0.15) is 74.2 Å². The minimum atomic E-state index is -0.320. The number of fused-ring (bicyclic) bond motifs is 1. The first-order chi connectivity index (χ1) is 16.7. The van der Waals surface area contributed by atoms with Gasteiger partial charge in [-0.05, 0) is 44.9 Å². The predicted octanol–water partition coefficient (Wildman–Crippen LogP) is 3.94. The molecule has 0 radical (unpaired) electrons. The normalized spacial score (nSPS) is 20.5. The number of aryl methyl sites for hydroxylation is 1. The second kappa shape index (κ2) is 9.28. The van der Waals surface area contributed by atoms with E-state index in [0.29, 0.717) is 17.0 Å². The van der Waals surface area contributed by atoms with Crippen LogP contribution < -0.4 is 15.5 Å². The number of hydrogen-bond acceptors (Lipinski definition) is 9. The number of rotatable bonds is 6. The van der Waals surface area contributed by atoms with Crippen LogP contribution in [0.3, 0.4) is 0 Å². The molecule has 1 saturated carbocycles. The van der Waals surface area contributed by atoms with Crippen molar-refractivity contribution in [3.05, 3.63) is 29.3 Å². The third-order valence-corrected chi connectivity index (χ3v) is 7.79. The molecule has 6 rings (SSSR count). The SMILES string of the molecule is O=C(Nc1ncns1)[C@H]1CCCN1c1nc2c(c(Nc3cc(C4CCCCC4)[nH]n3)n1)CCC2. The van der Waals surface area contributed by atoms with Gasteiger partial charge in [0.05, 0.1) is 5.69 Å². The van der Waals surface area contributed by atoms with Gasteiger partial charge in [-0.25, -0.2) is 9.97 Å². The fourth-order valence-electron chi connectivity index (χ4n) is 5.49. The van der Waals surface area contributed by atoms with Crippen LogP contribution in [0.5, 0.6) is 0 Å². The van der Waals surface area contributed by atoms with Gasteiger partial charge in [-0.2, -0.15) is 14.5 Å². The van der Waals surface area contributed by atoms with E-state index in [2.05, 4.69) is 36.3 Å². The van der Waals surface area contributed by atoms with Crippen molar-refractivity contribution < 1.29 is 4.79 Å². The van der Waals surface area contributed by atoms with Gasteiger partial charge < -0.3 is 10.2 Å². The Labute approximate surface area is 202 Å². The number of carbonyl (C=O) groups is 1. The van der Waals surface area contributed by atoms with Crippen LogP contribution in [0.4, 0.5) is 22.7 Å². The average Bonchev–Trinajstić information content (AvgIpc) is 3.67. The van der Waals surface area contributed by atoms with Gasteiger partial charge in [0.2, 0.25) is 17.0 Å². The molecule has 1 atom stereocenters. The average molecular weight is 480 g/mol. The van der Waals surface area contributed by atoms with E-state index >= 15 is 0 Å². The van der Waals surface area contributed by atoms with Crippen molar-refractivity contribution in [2.45, 2.75) is 76.2 Å². The number of nitrogens with one attached hydrogen (secondary N) is 3. The van der Waals surface area contributed by atoms with Crippen molar-refractivity contribution in [2.75, 3.05) is 22.1 Å². The Hall–Kier alpha value is -3.08. The molecule has 34 heavy (non-hydrogen) atoms. The van der Waals surface area contributed by atoms with Crippen molar-refractivity contribution >= 4 is 40.2 Å². The van der Waals surface area contributed by atoms with Crippen LogP contribution in [-0.2, 0) is 17.6 Å². The number of H-pyrrole nitrogens is 1. The molecule has 2 aliphatic carbocycles. The van der Waals surface area contributed by atoms with Gasteiger partial charge >= 0.3 is 0 Å². The number of carbonyl (C=O) groups excluding carboxylic acids is 1. The smallest absolute Gasteiger partial charge is 0.249 e. The van der Waals surface area contributed by atoms with Crippen molar-refractivity contribution in [2.24, 2.45) is 0 Å². The molecule has 4 heterocycles. The largest absolute Gasteiger partial charge is 0.329 e. The number of aromatic nitrogens is 6. The second-order valence-corrected chi connectivity index (χ2v) is 10.2. The minimum absolute atomic E-state index is 0.0858. The summed E-state index contributed by atoms with van der Waals surface area (Å²) < 4.78 is 3.96. The molecule has 3 aromatic heterocycles. The van der Waals surface area contributed by atoms with Crippen LogP contribution in [0.15, 0.2) is 12.4 Å². The number of hydrogen-bond donors (Lipinski definition) is 3. The summed E-state index contributed by atoms with van der Waals surface area (Å²) in [5.41, 5.74) is 3.45. The molecule has 3 aromatic rings. The van der Waals surface area contributed by atoms with Crippen molar-refractivity contribution in [3.63, 3.8) is 0 Å². The van der Waals surface area contributed by atoms with E-state index in [-0.39, 0.29) is 11.9 Å². The lowest BCUT2D eigenvalue weighted by atomic mass is 9.87. The molecule has 1 aliphatic heterocycles. The molecule has 178 valence electrons. The second-order valence-electron chi connectivity index (χ2n) is 9.41. The summed E-state index contributed by atoms with van der Waals surface area (Å²) in [5.74, 6) is 2.71. The Bertz CT molecular complexity index is 1160. The zero-order valence-electron chi connectivity index (χ0n) is 19.1. The summed E-state index contributed by atoms with van der Waals surface area (Å²) in [4.78, 5) is 28.9. The molecular formula is C23H29N9OS.